The predicted octanol–water partition coefficient (Wildman–Crippen LogP) is 2.62. The lowest BCUT2D eigenvalue weighted by Gasteiger charge is -2.17. The molecule has 1 unspecified atom stereocenters. The van der Waals surface area contributed by atoms with E-state index in [2.05, 4.69) is 41.2 Å². The first-order valence-corrected chi connectivity index (χ1v) is 7.61. The van der Waals surface area contributed by atoms with Crippen LogP contribution in [0.5, 0.6) is 0 Å². The summed E-state index contributed by atoms with van der Waals surface area (Å²) in [5.41, 5.74) is 1.14. The molecule has 21 heavy (non-hydrogen) atoms. The van der Waals surface area contributed by atoms with Crippen LogP contribution >= 0.6 is 0 Å². The molecule has 0 aliphatic heterocycles. The number of nitrogens with one attached hydrogen (secondary N) is 1. The largest absolute Gasteiger partial charge is 0.339 e. The Balaban J connectivity index is 1.95. The molecule has 0 aliphatic rings. The summed E-state index contributed by atoms with van der Waals surface area (Å²) in [6.07, 6.45) is 6.13. The first-order chi connectivity index (χ1) is 10.2. The van der Waals surface area contributed by atoms with Gasteiger partial charge in [0, 0.05) is 31.3 Å². The van der Waals surface area contributed by atoms with Gasteiger partial charge in [-0.1, -0.05) is 25.9 Å². The van der Waals surface area contributed by atoms with Crippen molar-refractivity contribution in [1.82, 2.24) is 20.4 Å². The van der Waals surface area contributed by atoms with Crippen molar-refractivity contribution < 1.29 is 4.52 Å². The highest BCUT2D eigenvalue weighted by atomic mass is 16.5. The number of pyridine rings is 1. The van der Waals surface area contributed by atoms with E-state index in [-0.39, 0.29) is 0 Å². The summed E-state index contributed by atoms with van der Waals surface area (Å²) in [4.78, 5) is 8.50. The quantitative estimate of drug-likeness (QED) is 0.809. The van der Waals surface area contributed by atoms with E-state index in [1.54, 1.807) is 12.4 Å². The third-order valence-corrected chi connectivity index (χ3v) is 3.29. The van der Waals surface area contributed by atoms with E-state index < -0.39 is 0 Å². The molecule has 2 rings (SSSR count). The number of nitrogens with zero attached hydrogens (tertiary/aromatic N) is 3. The van der Waals surface area contributed by atoms with E-state index in [0.29, 0.717) is 24.3 Å². The van der Waals surface area contributed by atoms with Gasteiger partial charge in [-0.3, -0.25) is 4.98 Å². The zero-order valence-electron chi connectivity index (χ0n) is 13.0. The van der Waals surface area contributed by atoms with E-state index in [0.717, 1.165) is 30.8 Å². The van der Waals surface area contributed by atoms with Crippen molar-refractivity contribution in [3.8, 4) is 0 Å². The maximum Gasteiger partial charge on any atom is 0.228 e. The normalized spacial score (nSPS) is 12.8. The Morgan fingerprint density at radius 2 is 2.00 bits per heavy atom. The van der Waals surface area contributed by atoms with Gasteiger partial charge in [-0.05, 0) is 36.6 Å². The Morgan fingerprint density at radius 3 is 2.67 bits per heavy atom. The minimum absolute atomic E-state index is 0.393. The van der Waals surface area contributed by atoms with Gasteiger partial charge in [0.15, 0.2) is 5.82 Å². The van der Waals surface area contributed by atoms with Gasteiger partial charge in [-0.25, -0.2) is 0 Å². The van der Waals surface area contributed by atoms with Crippen LogP contribution in [0.2, 0.25) is 0 Å². The second-order valence-corrected chi connectivity index (χ2v) is 5.72. The van der Waals surface area contributed by atoms with Crippen LogP contribution in [0.3, 0.4) is 0 Å². The standard InChI is InChI=1S/C16H24N4O/c1-4-18-14(9-12(2)3)11-16-19-15(20-21-16)10-13-5-7-17-8-6-13/h5-8,12,14,18H,4,9-11H2,1-3H3. The SMILES string of the molecule is CCNC(Cc1nc(Cc2ccncc2)no1)CC(C)C. The van der Waals surface area contributed by atoms with E-state index in [4.69, 9.17) is 4.52 Å². The number of hydrogen-bond acceptors (Lipinski definition) is 5. The smallest absolute Gasteiger partial charge is 0.228 e. The lowest BCUT2D eigenvalue weighted by atomic mass is 10.0. The molecule has 0 fully saturated rings. The van der Waals surface area contributed by atoms with Crippen LogP contribution in [-0.2, 0) is 12.8 Å². The molecule has 0 saturated carbocycles. The summed E-state index contributed by atoms with van der Waals surface area (Å²) >= 11 is 0. The van der Waals surface area contributed by atoms with Gasteiger partial charge in [-0.15, -0.1) is 0 Å². The second-order valence-electron chi connectivity index (χ2n) is 5.72. The third kappa shape index (κ3) is 5.27. The van der Waals surface area contributed by atoms with Crippen molar-refractivity contribution in [1.29, 1.82) is 0 Å². The van der Waals surface area contributed by atoms with Crippen molar-refractivity contribution >= 4 is 0 Å². The predicted molar refractivity (Wildman–Crippen MR) is 82.0 cm³/mol. The number of rotatable bonds is 8. The van der Waals surface area contributed by atoms with E-state index in [1.807, 2.05) is 12.1 Å². The monoisotopic (exact) mass is 288 g/mol. The summed E-state index contributed by atoms with van der Waals surface area (Å²) < 4.78 is 5.38. The molecule has 1 atom stereocenters. The summed E-state index contributed by atoms with van der Waals surface area (Å²) in [6, 6.07) is 4.33. The zero-order valence-corrected chi connectivity index (χ0v) is 13.0. The maximum atomic E-state index is 5.38. The van der Waals surface area contributed by atoms with Crippen molar-refractivity contribution in [3.63, 3.8) is 0 Å². The van der Waals surface area contributed by atoms with Gasteiger partial charge in [0.25, 0.3) is 0 Å². The van der Waals surface area contributed by atoms with Crippen molar-refractivity contribution in [2.45, 2.75) is 46.1 Å². The fraction of sp³-hybridized carbons (Fsp3) is 0.562. The Bertz CT molecular complexity index is 524. The Kier molecular flexibility index (Phi) is 5.87. The van der Waals surface area contributed by atoms with Gasteiger partial charge >= 0.3 is 0 Å². The van der Waals surface area contributed by atoms with E-state index >= 15 is 0 Å². The van der Waals surface area contributed by atoms with E-state index in [9.17, 15) is 0 Å². The van der Waals surface area contributed by atoms with Crippen LogP contribution in [0.15, 0.2) is 29.0 Å². The number of hydrogen-bond donors (Lipinski definition) is 1. The fourth-order valence-corrected chi connectivity index (χ4v) is 2.44. The Labute approximate surface area is 126 Å². The Hall–Kier alpha value is -1.75. The van der Waals surface area contributed by atoms with Gasteiger partial charge in [0.05, 0.1) is 0 Å². The van der Waals surface area contributed by atoms with Crippen LogP contribution in [0.1, 0.15) is 44.5 Å². The highest BCUT2D eigenvalue weighted by Crippen LogP contribution is 2.11. The molecule has 2 aromatic rings. The second kappa shape index (κ2) is 7.88. The Morgan fingerprint density at radius 1 is 1.24 bits per heavy atom. The highest BCUT2D eigenvalue weighted by molar-refractivity contribution is 5.14. The molecule has 0 spiro atoms. The van der Waals surface area contributed by atoms with Crippen LogP contribution in [-0.4, -0.2) is 27.7 Å². The molecule has 0 aliphatic carbocycles. The molecule has 1 N–H and O–H groups in total. The average molecular weight is 288 g/mol. The minimum atomic E-state index is 0.393. The maximum absolute atomic E-state index is 5.38. The van der Waals surface area contributed by atoms with Crippen molar-refractivity contribution in [2.75, 3.05) is 6.54 Å². The molecule has 2 aromatic heterocycles. The number of likely N-dealkylation sites (N-methyl/N-ethyl adjacent to an activating group) is 1. The molecular formula is C16H24N4O. The van der Waals surface area contributed by atoms with Crippen LogP contribution in [0, 0.1) is 5.92 Å². The van der Waals surface area contributed by atoms with Gasteiger partial charge in [0.1, 0.15) is 0 Å². The molecule has 0 bridgehead atoms. The van der Waals surface area contributed by atoms with Gasteiger partial charge < -0.3 is 9.84 Å². The molecule has 2 heterocycles. The molecule has 114 valence electrons. The summed E-state index contributed by atoms with van der Waals surface area (Å²) in [6.45, 7) is 7.53. The van der Waals surface area contributed by atoms with Crippen LogP contribution in [0.25, 0.3) is 0 Å². The molecule has 0 saturated heterocycles. The zero-order chi connectivity index (χ0) is 15.1. The molecule has 5 heteroatoms. The summed E-state index contributed by atoms with van der Waals surface area (Å²) in [5.74, 6) is 2.09. The van der Waals surface area contributed by atoms with Gasteiger partial charge in [-0.2, -0.15) is 4.98 Å². The van der Waals surface area contributed by atoms with Crippen LogP contribution in [0.4, 0.5) is 0 Å². The topological polar surface area (TPSA) is 63.8 Å². The first-order valence-electron chi connectivity index (χ1n) is 7.61. The molecule has 5 nitrogen and oxygen atoms in total. The molecule has 0 radical (unpaired) electrons. The number of aromatic nitrogens is 3. The molecule has 0 amide bonds. The van der Waals surface area contributed by atoms with Crippen molar-refractivity contribution in [2.24, 2.45) is 5.92 Å². The van der Waals surface area contributed by atoms with Crippen molar-refractivity contribution in [3.05, 3.63) is 41.8 Å². The average Bonchev–Trinajstić information content (AvgIpc) is 2.86. The molecule has 0 aromatic carbocycles. The lowest BCUT2D eigenvalue weighted by Crippen LogP contribution is -2.32. The third-order valence-electron chi connectivity index (χ3n) is 3.29. The highest BCUT2D eigenvalue weighted by Gasteiger charge is 2.15. The minimum Gasteiger partial charge on any atom is -0.339 e. The van der Waals surface area contributed by atoms with E-state index in [1.165, 1.54) is 0 Å². The van der Waals surface area contributed by atoms with Gasteiger partial charge in [0.2, 0.25) is 5.89 Å². The summed E-state index contributed by atoms with van der Waals surface area (Å²) in [5, 5.41) is 7.55. The lowest BCUT2D eigenvalue weighted by molar-refractivity contribution is 0.338. The summed E-state index contributed by atoms with van der Waals surface area (Å²) in [7, 11) is 0. The first kappa shape index (κ1) is 15.6. The molecular weight excluding hydrogens is 264 g/mol. The fourth-order valence-electron chi connectivity index (χ4n) is 2.44. The van der Waals surface area contributed by atoms with Crippen LogP contribution < -0.4 is 5.32 Å².